The van der Waals surface area contributed by atoms with Crippen molar-refractivity contribution < 1.29 is 26.4 Å². The minimum absolute atomic E-state index is 0.0110. The molecule has 5 nitrogen and oxygen atoms in total. The van der Waals surface area contributed by atoms with Gasteiger partial charge in [-0.3, -0.25) is 4.79 Å². The fraction of sp³-hybridized carbons (Fsp3) is 0.350. The number of carbonyl (C=O) groups excluding carboxylic acids is 1. The van der Waals surface area contributed by atoms with E-state index in [0.29, 0.717) is 11.6 Å². The molecule has 0 radical (unpaired) electrons. The second-order valence-electron chi connectivity index (χ2n) is 7.13. The van der Waals surface area contributed by atoms with Gasteiger partial charge in [-0.2, -0.15) is 17.5 Å². The first kappa shape index (κ1) is 22.6. The number of piperazine rings is 1. The zero-order chi connectivity index (χ0) is 22.3. The van der Waals surface area contributed by atoms with Crippen LogP contribution in [0.1, 0.15) is 27.0 Å². The molecule has 1 saturated heterocycles. The zero-order valence-corrected chi connectivity index (χ0v) is 17.9. The lowest BCUT2D eigenvalue weighted by Gasteiger charge is -2.34. The fourth-order valence-corrected chi connectivity index (χ4v) is 4.89. The maximum absolute atomic E-state index is 13.1. The van der Waals surface area contributed by atoms with Gasteiger partial charge in [-0.25, -0.2) is 8.42 Å². The summed E-state index contributed by atoms with van der Waals surface area (Å²) in [7, 11) is -4.15. The van der Waals surface area contributed by atoms with Crippen LogP contribution in [0.4, 0.5) is 13.2 Å². The average Bonchev–Trinajstić information content (AvgIpc) is 2.69. The minimum atomic E-state index is -4.76. The first-order valence-corrected chi connectivity index (χ1v) is 11.0. The quantitative estimate of drug-likeness (QED) is 0.692. The molecule has 2 aromatic carbocycles. The van der Waals surface area contributed by atoms with Gasteiger partial charge in [0.1, 0.15) is 0 Å². The number of aryl methyl sites for hydroxylation is 2. The highest BCUT2D eigenvalue weighted by Gasteiger charge is 2.36. The van der Waals surface area contributed by atoms with E-state index in [9.17, 15) is 26.4 Å². The van der Waals surface area contributed by atoms with Crippen LogP contribution in [-0.4, -0.2) is 49.7 Å². The molecule has 0 spiro atoms. The number of hydrogen-bond donors (Lipinski definition) is 0. The van der Waals surface area contributed by atoms with E-state index in [1.807, 2.05) is 19.9 Å². The Kier molecular flexibility index (Phi) is 6.18. The second kappa shape index (κ2) is 8.20. The van der Waals surface area contributed by atoms with Gasteiger partial charge in [0.15, 0.2) is 0 Å². The lowest BCUT2D eigenvalue weighted by Crippen LogP contribution is -2.50. The molecule has 162 valence electrons. The Hall–Kier alpha value is -2.10. The Morgan fingerprint density at radius 3 is 2.17 bits per heavy atom. The Labute approximate surface area is 178 Å². The number of benzene rings is 2. The first-order valence-electron chi connectivity index (χ1n) is 9.14. The number of sulfonamides is 1. The van der Waals surface area contributed by atoms with Crippen molar-refractivity contribution in [2.75, 3.05) is 26.2 Å². The number of carbonyl (C=O) groups is 1. The van der Waals surface area contributed by atoms with Crippen LogP contribution < -0.4 is 0 Å². The normalized spacial score (nSPS) is 16.0. The summed E-state index contributed by atoms with van der Waals surface area (Å²) in [5.74, 6) is -0.207. The molecule has 1 aliphatic rings. The monoisotopic (exact) mass is 460 g/mol. The van der Waals surface area contributed by atoms with Crippen LogP contribution >= 0.6 is 11.6 Å². The molecule has 2 aromatic rings. The van der Waals surface area contributed by atoms with E-state index in [4.69, 9.17) is 11.6 Å². The average molecular weight is 461 g/mol. The molecule has 1 fully saturated rings. The highest BCUT2D eigenvalue weighted by atomic mass is 35.5. The molecule has 0 unspecified atom stereocenters. The SMILES string of the molecule is Cc1ccc(C(=O)N2CCN(S(=O)(=O)c3ccc(Cl)c(C(F)(F)F)c3)CC2)cc1C. The van der Waals surface area contributed by atoms with Crippen LogP contribution in [0.25, 0.3) is 0 Å². The number of hydrogen-bond acceptors (Lipinski definition) is 3. The summed E-state index contributed by atoms with van der Waals surface area (Å²) in [5.41, 5.74) is 1.35. The number of rotatable bonds is 3. The van der Waals surface area contributed by atoms with E-state index in [-0.39, 0.29) is 32.1 Å². The summed E-state index contributed by atoms with van der Waals surface area (Å²) in [6, 6.07) is 7.88. The van der Waals surface area contributed by atoms with Gasteiger partial charge in [0.05, 0.1) is 15.5 Å². The molecule has 1 heterocycles. The summed E-state index contributed by atoms with van der Waals surface area (Å²) in [6.45, 7) is 4.10. The standard InChI is InChI=1S/C20H20ClF3N2O3S/c1-13-3-4-15(11-14(13)2)19(27)25-7-9-26(10-8-25)30(28,29)16-5-6-18(21)17(12-16)20(22,23)24/h3-6,11-12H,7-10H2,1-2H3. The third kappa shape index (κ3) is 4.48. The van der Waals surface area contributed by atoms with Crippen molar-refractivity contribution >= 4 is 27.5 Å². The lowest BCUT2D eigenvalue weighted by molar-refractivity contribution is -0.137. The summed E-state index contributed by atoms with van der Waals surface area (Å²) in [6.07, 6.45) is -4.76. The van der Waals surface area contributed by atoms with Crippen LogP contribution in [0.3, 0.4) is 0 Å². The number of halogens is 4. The molecule has 0 aromatic heterocycles. The van der Waals surface area contributed by atoms with Crippen LogP contribution in [0.5, 0.6) is 0 Å². The van der Waals surface area contributed by atoms with Crippen LogP contribution in [0.2, 0.25) is 5.02 Å². The molecule has 1 amide bonds. The summed E-state index contributed by atoms with van der Waals surface area (Å²) in [5, 5.41) is -0.565. The van der Waals surface area contributed by atoms with Crippen molar-refractivity contribution in [2.45, 2.75) is 24.9 Å². The molecule has 0 N–H and O–H groups in total. The van der Waals surface area contributed by atoms with E-state index >= 15 is 0 Å². The van der Waals surface area contributed by atoms with Crippen LogP contribution in [0, 0.1) is 13.8 Å². The summed E-state index contributed by atoms with van der Waals surface area (Å²) >= 11 is 5.58. The highest BCUT2D eigenvalue weighted by Crippen LogP contribution is 2.36. The van der Waals surface area contributed by atoms with E-state index in [2.05, 4.69) is 0 Å². The predicted molar refractivity (Wildman–Crippen MR) is 107 cm³/mol. The van der Waals surface area contributed by atoms with Gasteiger partial charge in [-0.15, -0.1) is 0 Å². The van der Waals surface area contributed by atoms with Crippen molar-refractivity contribution in [3.8, 4) is 0 Å². The molecule has 30 heavy (non-hydrogen) atoms. The fourth-order valence-electron chi connectivity index (χ4n) is 3.22. The van der Waals surface area contributed by atoms with Crippen molar-refractivity contribution in [2.24, 2.45) is 0 Å². The maximum Gasteiger partial charge on any atom is 0.417 e. The van der Waals surface area contributed by atoms with Gasteiger partial charge < -0.3 is 4.90 Å². The van der Waals surface area contributed by atoms with Gasteiger partial charge in [0.2, 0.25) is 10.0 Å². The Balaban J connectivity index is 1.75. The topological polar surface area (TPSA) is 57.7 Å². The van der Waals surface area contributed by atoms with Crippen molar-refractivity contribution in [3.63, 3.8) is 0 Å². The van der Waals surface area contributed by atoms with E-state index in [0.717, 1.165) is 27.6 Å². The maximum atomic E-state index is 13.1. The third-order valence-corrected chi connectivity index (χ3v) is 7.38. The van der Waals surface area contributed by atoms with Gasteiger partial charge in [-0.05, 0) is 55.3 Å². The molecule has 1 aliphatic heterocycles. The largest absolute Gasteiger partial charge is 0.417 e. The summed E-state index contributed by atoms with van der Waals surface area (Å²) in [4.78, 5) is 13.8. The smallest absolute Gasteiger partial charge is 0.336 e. The molecule has 3 rings (SSSR count). The molecule has 0 aliphatic carbocycles. The van der Waals surface area contributed by atoms with E-state index in [1.165, 1.54) is 0 Å². The van der Waals surface area contributed by atoms with Crippen molar-refractivity contribution in [1.82, 2.24) is 9.21 Å². The Bertz CT molecular complexity index is 1080. The van der Waals surface area contributed by atoms with Crippen LogP contribution in [-0.2, 0) is 16.2 Å². The molecule has 0 saturated carbocycles. The molecule has 0 atom stereocenters. The number of nitrogens with zero attached hydrogens (tertiary/aromatic N) is 2. The molecule has 10 heteroatoms. The number of amides is 1. The molecular weight excluding hydrogens is 441 g/mol. The van der Waals surface area contributed by atoms with E-state index < -0.39 is 31.7 Å². The number of alkyl halides is 3. The Morgan fingerprint density at radius 1 is 0.967 bits per heavy atom. The van der Waals surface area contributed by atoms with Crippen molar-refractivity contribution in [3.05, 3.63) is 63.7 Å². The van der Waals surface area contributed by atoms with Crippen molar-refractivity contribution in [1.29, 1.82) is 0 Å². The predicted octanol–water partition coefficient (Wildman–Crippen LogP) is 4.12. The van der Waals surface area contributed by atoms with Gasteiger partial charge in [0, 0.05) is 31.7 Å². The zero-order valence-electron chi connectivity index (χ0n) is 16.3. The second-order valence-corrected chi connectivity index (χ2v) is 9.48. The minimum Gasteiger partial charge on any atom is -0.336 e. The van der Waals surface area contributed by atoms with Gasteiger partial charge >= 0.3 is 6.18 Å². The van der Waals surface area contributed by atoms with Gasteiger partial charge in [0.25, 0.3) is 5.91 Å². The van der Waals surface area contributed by atoms with Crippen LogP contribution in [0.15, 0.2) is 41.3 Å². The third-order valence-electron chi connectivity index (χ3n) is 5.16. The summed E-state index contributed by atoms with van der Waals surface area (Å²) < 4.78 is 66.0. The lowest BCUT2D eigenvalue weighted by atomic mass is 10.1. The van der Waals surface area contributed by atoms with Gasteiger partial charge in [-0.1, -0.05) is 17.7 Å². The Morgan fingerprint density at radius 2 is 1.60 bits per heavy atom. The highest BCUT2D eigenvalue weighted by molar-refractivity contribution is 7.89. The van der Waals surface area contributed by atoms with E-state index in [1.54, 1.807) is 17.0 Å². The first-order chi connectivity index (χ1) is 13.9. The molecule has 0 bridgehead atoms. The molecular formula is C20H20ClF3N2O3S.